The summed E-state index contributed by atoms with van der Waals surface area (Å²) in [5.74, 6) is 0. The molecule has 17 heavy (non-hydrogen) atoms. The normalized spacial score (nSPS) is 17.5. The zero-order valence-corrected chi connectivity index (χ0v) is 10.2. The van der Waals surface area contributed by atoms with Crippen molar-refractivity contribution in [3.8, 4) is 6.07 Å². The number of rotatable bonds is 2. The Morgan fingerprint density at radius 3 is 2.59 bits per heavy atom. The molecule has 1 aliphatic heterocycles. The highest BCUT2D eigenvalue weighted by Gasteiger charge is 2.35. The first-order chi connectivity index (χ1) is 7.95. The van der Waals surface area contributed by atoms with Crippen LogP contribution in [0.3, 0.4) is 0 Å². The molecule has 0 saturated carbocycles. The standard InChI is InChI=1S/C11H13N3O2S/c1-8-4-9(5-12)2-3-11(8)17(15,16)14-6-10(13)7-14/h2-4,10H,6-7,13H2,1H3. The van der Waals surface area contributed by atoms with Crippen LogP contribution in [0.1, 0.15) is 11.1 Å². The second kappa shape index (κ2) is 4.11. The lowest BCUT2D eigenvalue weighted by Gasteiger charge is -2.35. The van der Waals surface area contributed by atoms with E-state index in [9.17, 15) is 8.42 Å². The Morgan fingerprint density at radius 2 is 2.12 bits per heavy atom. The molecule has 0 atom stereocenters. The summed E-state index contributed by atoms with van der Waals surface area (Å²) in [7, 11) is -3.45. The van der Waals surface area contributed by atoms with Crippen LogP contribution in [0, 0.1) is 18.3 Å². The van der Waals surface area contributed by atoms with Crippen molar-refractivity contribution in [2.75, 3.05) is 13.1 Å². The molecule has 0 unspecified atom stereocenters. The lowest BCUT2D eigenvalue weighted by Crippen LogP contribution is -2.57. The first kappa shape index (κ1) is 12.0. The molecule has 1 fully saturated rings. The molecule has 1 aromatic carbocycles. The number of aryl methyl sites for hydroxylation is 1. The van der Waals surface area contributed by atoms with Crippen molar-refractivity contribution in [3.05, 3.63) is 29.3 Å². The van der Waals surface area contributed by atoms with Gasteiger partial charge in [0.1, 0.15) is 0 Å². The molecule has 5 nitrogen and oxygen atoms in total. The van der Waals surface area contributed by atoms with Crippen LogP contribution in [-0.2, 0) is 10.0 Å². The minimum absolute atomic E-state index is 0.0662. The Labute approximate surface area is 101 Å². The molecule has 6 heteroatoms. The third-order valence-electron chi connectivity index (χ3n) is 2.80. The van der Waals surface area contributed by atoms with Crippen molar-refractivity contribution in [2.45, 2.75) is 17.9 Å². The minimum Gasteiger partial charge on any atom is -0.325 e. The van der Waals surface area contributed by atoms with Crippen molar-refractivity contribution >= 4 is 10.0 Å². The highest BCUT2D eigenvalue weighted by molar-refractivity contribution is 7.89. The fourth-order valence-electron chi connectivity index (χ4n) is 1.81. The molecule has 1 heterocycles. The maximum Gasteiger partial charge on any atom is 0.243 e. The van der Waals surface area contributed by atoms with Crippen molar-refractivity contribution in [3.63, 3.8) is 0 Å². The Balaban J connectivity index is 2.38. The van der Waals surface area contributed by atoms with Gasteiger partial charge in [-0.2, -0.15) is 9.57 Å². The summed E-state index contributed by atoms with van der Waals surface area (Å²) >= 11 is 0. The Morgan fingerprint density at radius 1 is 1.47 bits per heavy atom. The molecule has 0 amide bonds. The minimum atomic E-state index is -3.45. The van der Waals surface area contributed by atoms with Gasteiger partial charge in [0.25, 0.3) is 0 Å². The first-order valence-electron chi connectivity index (χ1n) is 5.21. The van der Waals surface area contributed by atoms with Gasteiger partial charge in [-0.1, -0.05) is 0 Å². The molecule has 0 radical (unpaired) electrons. The molecule has 2 rings (SSSR count). The van der Waals surface area contributed by atoms with E-state index in [1.807, 2.05) is 6.07 Å². The Hall–Kier alpha value is -1.42. The fourth-order valence-corrected chi connectivity index (χ4v) is 3.57. The van der Waals surface area contributed by atoms with Crippen molar-refractivity contribution in [1.82, 2.24) is 4.31 Å². The number of sulfonamides is 1. The van der Waals surface area contributed by atoms with E-state index in [1.54, 1.807) is 13.0 Å². The number of hydrogen-bond donors (Lipinski definition) is 1. The van der Waals surface area contributed by atoms with E-state index >= 15 is 0 Å². The topological polar surface area (TPSA) is 87.2 Å². The first-order valence-corrected chi connectivity index (χ1v) is 6.65. The van der Waals surface area contributed by atoms with Crippen LogP contribution in [-0.4, -0.2) is 31.9 Å². The van der Waals surface area contributed by atoms with Gasteiger partial charge in [-0.3, -0.25) is 0 Å². The highest BCUT2D eigenvalue weighted by Crippen LogP contribution is 2.24. The number of benzene rings is 1. The molecule has 0 spiro atoms. The summed E-state index contributed by atoms with van der Waals surface area (Å²) in [6.45, 7) is 2.41. The molecule has 2 N–H and O–H groups in total. The van der Waals surface area contributed by atoms with E-state index in [-0.39, 0.29) is 10.9 Å². The second-order valence-electron chi connectivity index (χ2n) is 4.17. The summed E-state index contributed by atoms with van der Waals surface area (Å²) in [5, 5.41) is 8.73. The van der Waals surface area contributed by atoms with E-state index in [2.05, 4.69) is 0 Å². The van der Waals surface area contributed by atoms with Gasteiger partial charge in [-0.25, -0.2) is 8.42 Å². The van der Waals surface area contributed by atoms with Gasteiger partial charge in [0, 0.05) is 19.1 Å². The van der Waals surface area contributed by atoms with Crippen molar-refractivity contribution in [2.24, 2.45) is 5.73 Å². The Kier molecular flexibility index (Phi) is 2.91. The number of nitriles is 1. The van der Waals surface area contributed by atoms with E-state index in [4.69, 9.17) is 11.0 Å². The monoisotopic (exact) mass is 251 g/mol. The van der Waals surface area contributed by atoms with Crippen LogP contribution < -0.4 is 5.73 Å². The van der Waals surface area contributed by atoms with Crippen LogP contribution in [0.15, 0.2) is 23.1 Å². The van der Waals surface area contributed by atoms with Crippen molar-refractivity contribution in [1.29, 1.82) is 5.26 Å². The average Bonchev–Trinajstić information content (AvgIpc) is 2.24. The van der Waals surface area contributed by atoms with Crippen LogP contribution >= 0.6 is 0 Å². The average molecular weight is 251 g/mol. The van der Waals surface area contributed by atoms with E-state index in [0.717, 1.165) is 0 Å². The molecular formula is C11H13N3O2S. The lowest BCUT2D eigenvalue weighted by molar-refractivity contribution is 0.265. The summed E-state index contributed by atoms with van der Waals surface area (Å²) in [6, 6.07) is 6.48. The number of nitrogens with zero attached hydrogens (tertiary/aromatic N) is 2. The van der Waals surface area contributed by atoms with Crippen molar-refractivity contribution < 1.29 is 8.42 Å². The number of nitrogens with two attached hydrogens (primary N) is 1. The van der Waals surface area contributed by atoms with Gasteiger partial charge in [-0.15, -0.1) is 0 Å². The third kappa shape index (κ3) is 2.05. The van der Waals surface area contributed by atoms with Gasteiger partial charge in [-0.05, 0) is 30.7 Å². The smallest absolute Gasteiger partial charge is 0.243 e. The van der Waals surface area contributed by atoms with Gasteiger partial charge < -0.3 is 5.73 Å². The van der Waals surface area contributed by atoms with Crippen LogP contribution in [0.25, 0.3) is 0 Å². The predicted molar refractivity (Wildman–Crippen MR) is 62.6 cm³/mol. The molecule has 1 saturated heterocycles. The summed E-state index contributed by atoms with van der Waals surface area (Å²) in [5.41, 5.74) is 6.63. The lowest BCUT2D eigenvalue weighted by atomic mass is 10.2. The Bertz CT molecular complexity index is 583. The van der Waals surface area contributed by atoms with Gasteiger partial charge >= 0.3 is 0 Å². The van der Waals surface area contributed by atoms with E-state index in [0.29, 0.717) is 24.2 Å². The van der Waals surface area contributed by atoms with Gasteiger partial charge in [0.15, 0.2) is 0 Å². The summed E-state index contributed by atoms with van der Waals surface area (Å²) in [4.78, 5) is 0.253. The van der Waals surface area contributed by atoms with E-state index < -0.39 is 10.0 Å². The number of hydrogen-bond acceptors (Lipinski definition) is 4. The molecule has 1 aliphatic rings. The molecular weight excluding hydrogens is 238 g/mol. The van der Waals surface area contributed by atoms with Gasteiger partial charge in [0.2, 0.25) is 10.0 Å². The maximum atomic E-state index is 12.2. The molecule has 0 aromatic heterocycles. The second-order valence-corrected chi connectivity index (χ2v) is 6.08. The molecule has 0 bridgehead atoms. The summed E-state index contributed by atoms with van der Waals surface area (Å²) < 4.78 is 25.7. The molecule has 90 valence electrons. The maximum absolute atomic E-state index is 12.2. The SMILES string of the molecule is Cc1cc(C#N)ccc1S(=O)(=O)N1CC(N)C1. The van der Waals surface area contributed by atoms with Crippen LogP contribution in [0.5, 0.6) is 0 Å². The highest BCUT2D eigenvalue weighted by atomic mass is 32.2. The van der Waals surface area contributed by atoms with Crippen LogP contribution in [0.2, 0.25) is 0 Å². The molecule has 0 aliphatic carbocycles. The predicted octanol–water partition coefficient (Wildman–Crippen LogP) is 0.198. The van der Waals surface area contributed by atoms with E-state index in [1.165, 1.54) is 16.4 Å². The zero-order valence-electron chi connectivity index (χ0n) is 9.42. The fraction of sp³-hybridized carbons (Fsp3) is 0.364. The molecule has 1 aromatic rings. The van der Waals surface area contributed by atoms with Gasteiger partial charge in [0.05, 0.1) is 16.5 Å². The largest absolute Gasteiger partial charge is 0.325 e. The van der Waals surface area contributed by atoms with Crippen LogP contribution in [0.4, 0.5) is 0 Å². The summed E-state index contributed by atoms with van der Waals surface area (Å²) in [6.07, 6.45) is 0. The quantitative estimate of drug-likeness (QED) is 0.813. The third-order valence-corrected chi connectivity index (χ3v) is 4.79. The zero-order chi connectivity index (χ0) is 12.6.